The first kappa shape index (κ1) is 14.8. The van der Waals surface area contributed by atoms with Gasteiger partial charge in [0.15, 0.2) is 0 Å². The van der Waals surface area contributed by atoms with E-state index in [1.165, 1.54) is 25.7 Å². The molecule has 0 bridgehead atoms. The minimum Gasteiger partial charge on any atom is -0.481 e. The van der Waals surface area contributed by atoms with Crippen molar-refractivity contribution in [2.75, 3.05) is 19.6 Å². The molecule has 2 aliphatic rings. The Hall–Kier alpha value is -0.570. The minimum atomic E-state index is -0.559. The molecule has 3 nitrogen and oxygen atoms in total. The van der Waals surface area contributed by atoms with E-state index in [0.717, 1.165) is 45.3 Å². The van der Waals surface area contributed by atoms with Crippen LogP contribution in [0.1, 0.15) is 65.2 Å². The lowest BCUT2D eigenvalue weighted by Gasteiger charge is -2.43. The Morgan fingerprint density at radius 3 is 2.16 bits per heavy atom. The molecule has 110 valence electrons. The molecule has 0 aromatic rings. The van der Waals surface area contributed by atoms with Gasteiger partial charge >= 0.3 is 5.97 Å². The van der Waals surface area contributed by atoms with Gasteiger partial charge in [-0.15, -0.1) is 0 Å². The maximum Gasteiger partial charge on any atom is 0.310 e. The summed E-state index contributed by atoms with van der Waals surface area (Å²) in [5, 5.41) is 9.64. The van der Waals surface area contributed by atoms with Gasteiger partial charge < -0.3 is 10.0 Å². The molecule has 1 aliphatic heterocycles. The van der Waals surface area contributed by atoms with Crippen molar-refractivity contribution in [3.63, 3.8) is 0 Å². The van der Waals surface area contributed by atoms with Crippen LogP contribution in [0.5, 0.6) is 0 Å². The van der Waals surface area contributed by atoms with Crippen LogP contribution >= 0.6 is 0 Å². The first-order valence-electron chi connectivity index (χ1n) is 7.95. The van der Waals surface area contributed by atoms with Crippen molar-refractivity contribution in [3.8, 4) is 0 Å². The monoisotopic (exact) mass is 267 g/mol. The third-order valence-electron chi connectivity index (χ3n) is 5.71. The number of carboxylic acid groups (broad SMARTS) is 1. The van der Waals surface area contributed by atoms with E-state index < -0.39 is 11.4 Å². The molecule has 0 aromatic carbocycles. The topological polar surface area (TPSA) is 40.5 Å². The summed E-state index contributed by atoms with van der Waals surface area (Å²) >= 11 is 0. The smallest absolute Gasteiger partial charge is 0.310 e. The Labute approximate surface area is 117 Å². The third-order valence-corrected chi connectivity index (χ3v) is 5.71. The summed E-state index contributed by atoms with van der Waals surface area (Å²) in [5.74, 6) is -0.559. The number of hydrogen-bond acceptors (Lipinski definition) is 2. The van der Waals surface area contributed by atoms with E-state index in [-0.39, 0.29) is 0 Å². The van der Waals surface area contributed by atoms with Gasteiger partial charge in [0.05, 0.1) is 5.41 Å². The highest BCUT2D eigenvalue weighted by molar-refractivity contribution is 5.75. The summed E-state index contributed by atoms with van der Waals surface area (Å²) in [7, 11) is 0. The second-order valence-electron chi connectivity index (χ2n) is 7.09. The zero-order valence-electron chi connectivity index (χ0n) is 12.6. The molecule has 19 heavy (non-hydrogen) atoms. The molecule has 1 saturated heterocycles. The van der Waals surface area contributed by atoms with Gasteiger partial charge in [0, 0.05) is 6.54 Å². The fourth-order valence-corrected chi connectivity index (χ4v) is 3.70. The lowest BCUT2D eigenvalue weighted by Crippen LogP contribution is -2.48. The molecule has 2 fully saturated rings. The van der Waals surface area contributed by atoms with Gasteiger partial charge in [-0.05, 0) is 44.2 Å². The van der Waals surface area contributed by atoms with Crippen molar-refractivity contribution in [1.82, 2.24) is 4.90 Å². The van der Waals surface area contributed by atoms with Crippen molar-refractivity contribution < 1.29 is 9.90 Å². The number of piperidine rings is 1. The molecule has 1 saturated carbocycles. The number of rotatable bonds is 4. The van der Waals surface area contributed by atoms with Crippen molar-refractivity contribution in [2.24, 2.45) is 10.8 Å². The standard InChI is InChI=1S/C16H29NO2/c1-3-15(2)9-11-17(12-10-15)13-16(14(18)19)7-5-4-6-8-16/h3-13H2,1-2H3,(H,18,19). The van der Waals surface area contributed by atoms with E-state index >= 15 is 0 Å². The van der Waals surface area contributed by atoms with Crippen molar-refractivity contribution in [2.45, 2.75) is 65.2 Å². The number of carbonyl (C=O) groups is 1. The van der Waals surface area contributed by atoms with E-state index in [1.807, 2.05) is 0 Å². The normalized spacial score (nSPS) is 27.1. The summed E-state index contributed by atoms with van der Waals surface area (Å²) in [4.78, 5) is 14.1. The number of likely N-dealkylation sites (tertiary alicyclic amines) is 1. The summed E-state index contributed by atoms with van der Waals surface area (Å²) in [6.07, 6.45) is 8.83. The first-order chi connectivity index (χ1) is 9.00. The van der Waals surface area contributed by atoms with Gasteiger partial charge in [-0.2, -0.15) is 0 Å². The summed E-state index contributed by atoms with van der Waals surface area (Å²) in [5.41, 5.74) is 0.0393. The maximum atomic E-state index is 11.7. The Morgan fingerprint density at radius 1 is 1.11 bits per heavy atom. The van der Waals surface area contributed by atoms with Crippen LogP contribution in [0, 0.1) is 10.8 Å². The minimum absolute atomic E-state index is 0.446. The first-order valence-corrected chi connectivity index (χ1v) is 7.95. The molecule has 0 atom stereocenters. The molecule has 0 amide bonds. The molecular formula is C16H29NO2. The van der Waals surface area contributed by atoms with Gasteiger partial charge in [0.1, 0.15) is 0 Å². The second-order valence-corrected chi connectivity index (χ2v) is 7.09. The predicted octanol–water partition coefficient (Wildman–Crippen LogP) is 3.53. The van der Waals surface area contributed by atoms with Crippen LogP contribution in [-0.4, -0.2) is 35.6 Å². The summed E-state index contributed by atoms with van der Waals surface area (Å²) < 4.78 is 0. The Morgan fingerprint density at radius 2 is 1.68 bits per heavy atom. The molecule has 0 unspecified atom stereocenters. The Kier molecular flexibility index (Phi) is 4.54. The highest BCUT2D eigenvalue weighted by Gasteiger charge is 2.42. The zero-order valence-corrected chi connectivity index (χ0v) is 12.6. The van der Waals surface area contributed by atoms with Crippen LogP contribution in [-0.2, 0) is 4.79 Å². The predicted molar refractivity (Wildman–Crippen MR) is 77.2 cm³/mol. The van der Waals surface area contributed by atoms with Gasteiger partial charge in [0.25, 0.3) is 0 Å². The van der Waals surface area contributed by atoms with Crippen LogP contribution in [0.3, 0.4) is 0 Å². The van der Waals surface area contributed by atoms with Crippen molar-refractivity contribution in [1.29, 1.82) is 0 Å². The van der Waals surface area contributed by atoms with E-state index in [9.17, 15) is 9.90 Å². The van der Waals surface area contributed by atoms with Crippen LogP contribution in [0.4, 0.5) is 0 Å². The molecule has 1 aliphatic carbocycles. The molecule has 2 rings (SSSR count). The fourth-order valence-electron chi connectivity index (χ4n) is 3.70. The highest BCUT2D eigenvalue weighted by Crippen LogP contribution is 2.40. The lowest BCUT2D eigenvalue weighted by molar-refractivity contribution is -0.153. The van der Waals surface area contributed by atoms with Gasteiger partial charge in [0.2, 0.25) is 0 Å². The van der Waals surface area contributed by atoms with E-state index in [4.69, 9.17) is 0 Å². The second kappa shape index (κ2) is 5.82. The van der Waals surface area contributed by atoms with Gasteiger partial charge in [-0.25, -0.2) is 0 Å². The SMILES string of the molecule is CCC1(C)CCN(CC2(C(=O)O)CCCCC2)CC1. The third kappa shape index (κ3) is 3.31. The van der Waals surface area contributed by atoms with Crippen molar-refractivity contribution >= 4 is 5.97 Å². The summed E-state index contributed by atoms with van der Waals surface area (Å²) in [6.45, 7) is 7.59. The number of nitrogens with zero attached hydrogens (tertiary/aromatic N) is 1. The van der Waals surface area contributed by atoms with Crippen LogP contribution < -0.4 is 0 Å². The maximum absolute atomic E-state index is 11.7. The van der Waals surface area contributed by atoms with Crippen molar-refractivity contribution in [3.05, 3.63) is 0 Å². The molecule has 1 heterocycles. The van der Waals surface area contributed by atoms with Gasteiger partial charge in [-0.1, -0.05) is 39.5 Å². The number of aliphatic carboxylic acids is 1. The van der Waals surface area contributed by atoms with Crippen LogP contribution in [0.2, 0.25) is 0 Å². The Bertz CT molecular complexity index is 313. The zero-order chi connectivity index (χ0) is 13.9. The molecule has 1 N–H and O–H groups in total. The van der Waals surface area contributed by atoms with E-state index in [0.29, 0.717) is 5.41 Å². The van der Waals surface area contributed by atoms with E-state index in [2.05, 4.69) is 18.7 Å². The fraction of sp³-hybridized carbons (Fsp3) is 0.938. The average Bonchev–Trinajstić information content (AvgIpc) is 2.43. The molecular weight excluding hydrogens is 238 g/mol. The number of hydrogen-bond donors (Lipinski definition) is 1. The average molecular weight is 267 g/mol. The van der Waals surface area contributed by atoms with E-state index in [1.54, 1.807) is 0 Å². The largest absolute Gasteiger partial charge is 0.481 e. The summed E-state index contributed by atoms with van der Waals surface area (Å²) in [6, 6.07) is 0. The Balaban J connectivity index is 1.94. The van der Waals surface area contributed by atoms with Crippen LogP contribution in [0.15, 0.2) is 0 Å². The van der Waals surface area contributed by atoms with Crippen LogP contribution in [0.25, 0.3) is 0 Å². The molecule has 3 heteroatoms. The molecule has 0 spiro atoms. The molecule has 0 radical (unpaired) electrons. The lowest BCUT2D eigenvalue weighted by atomic mass is 9.72. The number of carboxylic acids is 1. The van der Waals surface area contributed by atoms with Gasteiger partial charge in [-0.3, -0.25) is 4.79 Å². The quantitative estimate of drug-likeness (QED) is 0.847. The molecule has 0 aromatic heterocycles. The highest BCUT2D eigenvalue weighted by atomic mass is 16.4.